The second kappa shape index (κ2) is 7.53. The van der Waals surface area contributed by atoms with Gasteiger partial charge in [-0.05, 0) is 32.1 Å². The summed E-state index contributed by atoms with van der Waals surface area (Å²) in [6.07, 6.45) is 5.31. The second-order valence-corrected chi connectivity index (χ2v) is 8.36. The van der Waals surface area contributed by atoms with Gasteiger partial charge in [0.05, 0.1) is 5.75 Å². The minimum atomic E-state index is 0.155. The van der Waals surface area contributed by atoms with E-state index in [-0.39, 0.29) is 4.75 Å². The Balaban J connectivity index is 2.53. The molecule has 0 atom stereocenters. The molecule has 1 aliphatic rings. The molecule has 1 rings (SSSR count). The van der Waals surface area contributed by atoms with Crippen LogP contribution in [0.3, 0.4) is 0 Å². The number of nitrogens with two attached hydrogens (primary N) is 1. The molecule has 112 valence electrons. The Bertz CT molecular complexity index is 280. The minimum Gasteiger partial charge on any atom is -0.339 e. The summed E-state index contributed by atoms with van der Waals surface area (Å²) in [5, 5.41) is 0. The van der Waals surface area contributed by atoms with E-state index in [9.17, 15) is 4.79 Å². The smallest absolute Gasteiger partial charge is 0.232 e. The van der Waals surface area contributed by atoms with Crippen molar-refractivity contribution in [2.75, 3.05) is 12.3 Å². The summed E-state index contributed by atoms with van der Waals surface area (Å²) in [4.78, 5) is 14.6. The van der Waals surface area contributed by atoms with Crippen LogP contribution in [0.15, 0.2) is 0 Å². The van der Waals surface area contributed by atoms with Crippen LogP contribution in [-0.2, 0) is 4.79 Å². The van der Waals surface area contributed by atoms with Crippen molar-refractivity contribution in [1.29, 1.82) is 0 Å². The lowest BCUT2D eigenvalue weighted by atomic mass is 9.90. The highest BCUT2D eigenvalue weighted by Gasteiger charge is 2.27. The lowest BCUT2D eigenvalue weighted by Crippen LogP contribution is -2.45. The molecule has 0 spiro atoms. The van der Waals surface area contributed by atoms with Crippen molar-refractivity contribution < 1.29 is 4.79 Å². The van der Waals surface area contributed by atoms with Gasteiger partial charge in [-0.1, -0.05) is 27.7 Å². The van der Waals surface area contributed by atoms with Crippen LogP contribution in [0.2, 0.25) is 0 Å². The van der Waals surface area contributed by atoms with Crippen LogP contribution in [0, 0.1) is 0 Å². The zero-order chi connectivity index (χ0) is 14.5. The fraction of sp³-hybridized carbons (Fsp3) is 0.933. The van der Waals surface area contributed by atoms with Gasteiger partial charge < -0.3 is 10.6 Å². The summed E-state index contributed by atoms with van der Waals surface area (Å²) >= 11 is 1.74. The first kappa shape index (κ1) is 16.8. The number of rotatable bonds is 5. The molecule has 0 radical (unpaired) electrons. The highest BCUT2D eigenvalue weighted by Crippen LogP contribution is 2.26. The van der Waals surface area contributed by atoms with Crippen LogP contribution in [0.5, 0.6) is 0 Å². The van der Waals surface area contributed by atoms with Gasteiger partial charge in [-0.25, -0.2) is 0 Å². The molecule has 0 aromatic rings. The summed E-state index contributed by atoms with van der Waals surface area (Å²) in [5.74, 6) is 0.911. The summed E-state index contributed by atoms with van der Waals surface area (Å²) in [5.41, 5.74) is 5.96. The van der Waals surface area contributed by atoms with Gasteiger partial charge in [0.25, 0.3) is 0 Å². The quantitative estimate of drug-likeness (QED) is 0.845. The van der Waals surface area contributed by atoms with E-state index in [1.807, 2.05) is 0 Å². The number of carbonyl (C=O) groups is 1. The summed E-state index contributed by atoms with van der Waals surface area (Å²) in [6, 6.07) is 0.770. The van der Waals surface area contributed by atoms with E-state index in [4.69, 9.17) is 5.73 Å². The molecule has 0 aromatic carbocycles. The zero-order valence-electron chi connectivity index (χ0n) is 12.9. The maximum atomic E-state index is 12.4. The fourth-order valence-corrected chi connectivity index (χ4v) is 3.25. The molecule has 1 amide bonds. The molecular formula is C15H30N2OS. The molecule has 0 bridgehead atoms. The van der Waals surface area contributed by atoms with Crippen LogP contribution < -0.4 is 5.73 Å². The predicted molar refractivity (Wildman–Crippen MR) is 84.4 cm³/mol. The van der Waals surface area contributed by atoms with Gasteiger partial charge in [0.2, 0.25) is 5.91 Å². The largest absolute Gasteiger partial charge is 0.339 e. The topological polar surface area (TPSA) is 46.3 Å². The lowest BCUT2D eigenvalue weighted by Gasteiger charge is -2.36. The van der Waals surface area contributed by atoms with E-state index in [2.05, 4.69) is 32.6 Å². The maximum Gasteiger partial charge on any atom is 0.232 e. The van der Waals surface area contributed by atoms with E-state index >= 15 is 0 Å². The predicted octanol–water partition coefficient (Wildman–Crippen LogP) is 3.03. The van der Waals surface area contributed by atoms with Gasteiger partial charge in [0, 0.05) is 23.4 Å². The Morgan fingerprint density at radius 1 is 1.26 bits per heavy atom. The molecular weight excluding hydrogens is 256 g/mol. The molecule has 19 heavy (non-hydrogen) atoms. The zero-order valence-corrected chi connectivity index (χ0v) is 13.8. The average Bonchev–Trinajstić information content (AvgIpc) is 2.33. The first-order valence-electron chi connectivity index (χ1n) is 7.52. The van der Waals surface area contributed by atoms with Gasteiger partial charge in [-0.2, -0.15) is 0 Å². The normalized spacial score (nSPS) is 24.3. The molecule has 1 aliphatic carbocycles. The Kier molecular flexibility index (Phi) is 6.67. The molecule has 2 N–H and O–H groups in total. The van der Waals surface area contributed by atoms with Gasteiger partial charge in [-0.15, -0.1) is 11.8 Å². The minimum absolute atomic E-state index is 0.155. The number of nitrogens with zero attached hydrogens (tertiary/aromatic N) is 1. The Morgan fingerprint density at radius 2 is 1.84 bits per heavy atom. The molecule has 4 heteroatoms. The van der Waals surface area contributed by atoms with Crippen molar-refractivity contribution in [3.8, 4) is 0 Å². The Labute approximate surface area is 122 Å². The SMILES string of the molecule is CCCN(C(=O)CSC(C)(C)C)C1CCC(N)CC1. The summed E-state index contributed by atoms with van der Waals surface area (Å²) in [6.45, 7) is 9.52. The number of hydrogen-bond acceptors (Lipinski definition) is 3. The maximum absolute atomic E-state index is 12.4. The standard InChI is InChI=1S/C15H30N2OS/c1-5-10-17(13-8-6-12(16)7-9-13)14(18)11-19-15(2,3)4/h12-13H,5-11,16H2,1-4H3. The number of hydrogen-bond donors (Lipinski definition) is 1. The monoisotopic (exact) mass is 286 g/mol. The Hall–Kier alpha value is -0.220. The van der Waals surface area contributed by atoms with Crippen molar-refractivity contribution in [3.05, 3.63) is 0 Å². The fourth-order valence-electron chi connectivity index (χ4n) is 2.53. The molecule has 3 nitrogen and oxygen atoms in total. The number of thioether (sulfide) groups is 1. The van der Waals surface area contributed by atoms with Gasteiger partial charge in [0.15, 0.2) is 0 Å². The van der Waals surface area contributed by atoms with E-state index in [1.165, 1.54) is 0 Å². The third-order valence-electron chi connectivity index (χ3n) is 3.60. The molecule has 1 fully saturated rings. The number of carbonyl (C=O) groups excluding carboxylic acids is 1. The third kappa shape index (κ3) is 6.17. The van der Waals surface area contributed by atoms with Crippen molar-refractivity contribution >= 4 is 17.7 Å². The van der Waals surface area contributed by atoms with E-state index in [0.29, 0.717) is 23.7 Å². The van der Waals surface area contributed by atoms with E-state index in [1.54, 1.807) is 11.8 Å². The van der Waals surface area contributed by atoms with Gasteiger partial charge in [0.1, 0.15) is 0 Å². The highest BCUT2D eigenvalue weighted by atomic mass is 32.2. The summed E-state index contributed by atoms with van der Waals surface area (Å²) in [7, 11) is 0. The second-order valence-electron chi connectivity index (χ2n) is 6.56. The number of amides is 1. The summed E-state index contributed by atoms with van der Waals surface area (Å²) < 4.78 is 0.155. The van der Waals surface area contributed by atoms with Crippen LogP contribution in [0.25, 0.3) is 0 Å². The van der Waals surface area contributed by atoms with Crippen molar-refractivity contribution in [1.82, 2.24) is 4.90 Å². The van der Waals surface area contributed by atoms with E-state index in [0.717, 1.165) is 38.6 Å². The van der Waals surface area contributed by atoms with Crippen molar-refractivity contribution in [3.63, 3.8) is 0 Å². The van der Waals surface area contributed by atoms with Crippen LogP contribution in [0.1, 0.15) is 59.8 Å². The molecule has 0 aromatic heterocycles. The van der Waals surface area contributed by atoms with Crippen molar-refractivity contribution in [2.24, 2.45) is 5.73 Å². The van der Waals surface area contributed by atoms with Gasteiger partial charge in [-0.3, -0.25) is 4.79 Å². The molecule has 0 unspecified atom stereocenters. The first-order valence-corrected chi connectivity index (χ1v) is 8.51. The molecule has 0 heterocycles. The Morgan fingerprint density at radius 3 is 2.32 bits per heavy atom. The third-order valence-corrected chi connectivity index (χ3v) is 4.85. The highest BCUT2D eigenvalue weighted by molar-refractivity contribution is 8.01. The van der Waals surface area contributed by atoms with Gasteiger partial charge >= 0.3 is 0 Å². The first-order chi connectivity index (χ1) is 8.83. The van der Waals surface area contributed by atoms with Crippen LogP contribution >= 0.6 is 11.8 Å². The molecule has 0 saturated heterocycles. The molecule has 0 aliphatic heterocycles. The van der Waals surface area contributed by atoms with E-state index < -0.39 is 0 Å². The van der Waals surface area contributed by atoms with Crippen LogP contribution in [0.4, 0.5) is 0 Å². The van der Waals surface area contributed by atoms with Crippen LogP contribution in [-0.4, -0.2) is 39.9 Å². The van der Waals surface area contributed by atoms with Crippen molar-refractivity contribution in [2.45, 2.75) is 76.6 Å². The molecule has 1 saturated carbocycles. The lowest BCUT2D eigenvalue weighted by molar-refractivity contribution is -0.131. The average molecular weight is 286 g/mol.